The molecular formula is C20H26BrNO3. The predicted octanol–water partition coefficient (Wildman–Crippen LogP) is 4.47. The third-order valence-corrected chi connectivity index (χ3v) is 4.64. The van der Waals surface area contributed by atoms with Crippen LogP contribution in [0.15, 0.2) is 40.9 Å². The Morgan fingerprint density at radius 3 is 2.48 bits per heavy atom. The molecule has 0 atom stereocenters. The lowest BCUT2D eigenvalue weighted by Crippen LogP contribution is -2.17. The molecule has 0 unspecified atom stereocenters. The molecule has 1 N–H and O–H groups in total. The van der Waals surface area contributed by atoms with E-state index in [2.05, 4.69) is 52.4 Å². The van der Waals surface area contributed by atoms with Crippen LogP contribution in [0.1, 0.15) is 23.1 Å². The molecule has 0 spiro atoms. The Labute approximate surface area is 158 Å². The fraction of sp³-hybridized carbons (Fsp3) is 0.400. The molecule has 5 heteroatoms. The highest BCUT2D eigenvalue weighted by molar-refractivity contribution is 9.10. The van der Waals surface area contributed by atoms with Crippen molar-refractivity contribution in [3.8, 4) is 11.5 Å². The number of hydrogen-bond acceptors (Lipinski definition) is 4. The summed E-state index contributed by atoms with van der Waals surface area (Å²) in [6.45, 7) is 4.92. The first-order chi connectivity index (χ1) is 12.2. The topological polar surface area (TPSA) is 39.7 Å². The second-order valence-electron chi connectivity index (χ2n) is 5.85. The minimum Gasteiger partial charge on any atom is -0.493 e. The first-order valence-electron chi connectivity index (χ1n) is 8.39. The number of rotatable bonds is 10. The Bertz CT molecular complexity index is 659. The number of hydrogen-bond donors (Lipinski definition) is 1. The van der Waals surface area contributed by atoms with Gasteiger partial charge in [0.25, 0.3) is 0 Å². The molecule has 0 saturated carbocycles. The molecule has 0 fully saturated rings. The smallest absolute Gasteiger partial charge is 0.167 e. The highest BCUT2D eigenvalue weighted by atomic mass is 79.9. The van der Waals surface area contributed by atoms with Gasteiger partial charge in [0, 0.05) is 30.3 Å². The van der Waals surface area contributed by atoms with E-state index in [0.717, 1.165) is 46.7 Å². The van der Waals surface area contributed by atoms with Crippen LogP contribution in [0.4, 0.5) is 0 Å². The van der Waals surface area contributed by atoms with E-state index in [-0.39, 0.29) is 0 Å². The van der Waals surface area contributed by atoms with Gasteiger partial charge in [0.05, 0.1) is 7.11 Å². The van der Waals surface area contributed by atoms with Crippen molar-refractivity contribution >= 4 is 15.9 Å². The molecule has 0 aromatic heterocycles. The largest absolute Gasteiger partial charge is 0.493 e. The highest BCUT2D eigenvalue weighted by Gasteiger charge is 2.14. The summed E-state index contributed by atoms with van der Waals surface area (Å²) in [4.78, 5) is 0. The lowest BCUT2D eigenvalue weighted by atomic mass is 10.1. The van der Waals surface area contributed by atoms with Crippen molar-refractivity contribution < 1.29 is 14.2 Å². The first-order valence-corrected chi connectivity index (χ1v) is 9.18. The molecule has 0 amide bonds. The number of nitrogens with one attached hydrogen (secondary N) is 1. The van der Waals surface area contributed by atoms with Crippen molar-refractivity contribution in [3.63, 3.8) is 0 Å². The predicted molar refractivity (Wildman–Crippen MR) is 104 cm³/mol. The molecule has 2 aromatic rings. The minimum atomic E-state index is 0.504. The molecule has 0 bridgehead atoms. The third-order valence-electron chi connectivity index (χ3n) is 3.89. The van der Waals surface area contributed by atoms with Crippen LogP contribution in [-0.4, -0.2) is 27.4 Å². The van der Waals surface area contributed by atoms with E-state index in [1.165, 1.54) is 5.56 Å². The summed E-state index contributed by atoms with van der Waals surface area (Å²) in [7, 11) is 3.38. The summed E-state index contributed by atoms with van der Waals surface area (Å²) in [5, 5.41) is 3.43. The van der Waals surface area contributed by atoms with Crippen molar-refractivity contribution in [2.24, 2.45) is 0 Å². The number of benzene rings is 2. The maximum absolute atomic E-state index is 6.12. The van der Waals surface area contributed by atoms with Crippen LogP contribution in [0.3, 0.4) is 0 Å². The summed E-state index contributed by atoms with van der Waals surface area (Å²) in [6, 6.07) is 12.3. The number of halogens is 1. The van der Waals surface area contributed by atoms with Gasteiger partial charge in [0.1, 0.15) is 6.61 Å². The molecule has 0 aliphatic heterocycles. The van der Waals surface area contributed by atoms with E-state index < -0.39 is 0 Å². The highest BCUT2D eigenvalue weighted by Crippen LogP contribution is 2.36. The van der Waals surface area contributed by atoms with Crippen molar-refractivity contribution in [3.05, 3.63) is 57.6 Å². The molecular weight excluding hydrogens is 382 g/mol. The lowest BCUT2D eigenvalue weighted by Gasteiger charge is -2.17. The monoisotopic (exact) mass is 407 g/mol. The second-order valence-corrected chi connectivity index (χ2v) is 6.71. The Balaban J connectivity index is 2.10. The van der Waals surface area contributed by atoms with Gasteiger partial charge < -0.3 is 19.5 Å². The van der Waals surface area contributed by atoms with E-state index in [4.69, 9.17) is 14.2 Å². The molecule has 25 heavy (non-hydrogen) atoms. The summed E-state index contributed by atoms with van der Waals surface area (Å²) >= 11 is 3.63. The Hall–Kier alpha value is -1.56. The van der Waals surface area contributed by atoms with E-state index >= 15 is 0 Å². The number of ether oxygens (including phenoxy) is 3. The van der Waals surface area contributed by atoms with Gasteiger partial charge in [-0.3, -0.25) is 0 Å². The zero-order valence-corrected chi connectivity index (χ0v) is 16.7. The summed E-state index contributed by atoms with van der Waals surface area (Å²) in [5.41, 5.74) is 3.43. The van der Waals surface area contributed by atoms with Crippen LogP contribution < -0.4 is 14.8 Å². The van der Waals surface area contributed by atoms with Crippen LogP contribution in [0.5, 0.6) is 11.5 Å². The maximum Gasteiger partial charge on any atom is 0.167 e. The first kappa shape index (κ1) is 19.8. The fourth-order valence-corrected chi connectivity index (χ4v) is 2.91. The van der Waals surface area contributed by atoms with Gasteiger partial charge in [0.15, 0.2) is 11.5 Å². The summed E-state index contributed by atoms with van der Waals surface area (Å²) in [6.07, 6.45) is 0.970. The zero-order chi connectivity index (χ0) is 18.1. The average molecular weight is 408 g/mol. The summed E-state index contributed by atoms with van der Waals surface area (Å²) < 4.78 is 17.7. The minimum absolute atomic E-state index is 0.504. The van der Waals surface area contributed by atoms with Gasteiger partial charge >= 0.3 is 0 Å². The summed E-state index contributed by atoms with van der Waals surface area (Å²) in [5.74, 6) is 1.51. The average Bonchev–Trinajstić information content (AvgIpc) is 2.62. The van der Waals surface area contributed by atoms with Crippen molar-refractivity contribution in [2.75, 3.05) is 27.4 Å². The Morgan fingerprint density at radius 2 is 1.80 bits per heavy atom. The Kier molecular flexibility index (Phi) is 8.25. The molecule has 136 valence electrons. The van der Waals surface area contributed by atoms with Gasteiger partial charge in [0.2, 0.25) is 0 Å². The lowest BCUT2D eigenvalue weighted by molar-refractivity contribution is 0.194. The SMILES string of the molecule is COCCCNCc1c(Br)ccc(OC)c1OCc1ccc(C)cc1. The zero-order valence-electron chi connectivity index (χ0n) is 15.1. The molecule has 0 radical (unpaired) electrons. The van der Waals surface area contributed by atoms with Gasteiger partial charge in [-0.2, -0.15) is 0 Å². The van der Waals surface area contributed by atoms with Crippen LogP contribution in [0.25, 0.3) is 0 Å². The molecule has 2 rings (SSSR count). The van der Waals surface area contributed by atoms with E-state index in [1.54, 1.807) is 14.2 Å². The molecule has 0 saturated heterocycles. The fourth-order valence-electron chi connectivity index (χ4n) is 2.46. The molecule has 2 aromatic carbocycles. The third kappa shape index (κ3) is 6.03. The van der Waals surface area contributed by atoms with Gasteiger partial charge in [-0.25, -0.2) is 0 Å². The van der Waals surface area contributed by atoms with Crippen LogP contribution in [0.2, 0.25) is 0 Å². The second kappa shape index (κ2) is 10.4. The van der Waals surface area contributed by atoms with E-state index in [1.807, 2.05) is 12.1 Å². The number of aryl methyl sites for hydroxylation is 1. The maximum atomic E-state index is 6.12. The number of methoxy groups -OCH3 is 2. The normalized spacial score (nSPS) is 10.7. The van der Waals surface area contributed by atoms with Crippen molar-refractivity contribution in [1.29, 1.82) is 0 Å². The molecule has 0 aliphatic rings. The molecule has 4 nitrogen and oxygen atoms in total. The van der Waals surface area contributed by atoms with Crippen LogP contribution in [-0.2, 0) is 17.9 Å². The standard InChI is InChI=1S/C20H26BrNO3/c1-15-5-7-16(8-6-15)14-25-20-17(13-22-11-4-12-23-2)18(21)9-10-19(20)24-3/h5-10,22H,4,11-14H2,1-3H3. The van der Waals surface area contributed by atoms with Crippen molar-refractivity contribution in [1.82, 2.24) is 5.32 Å². The van der Waals surface area contributed by atoms with Crippen LogP contribution in [0, 0.1) is 6.92 Å². The van der Waals surface area contributed by atoms with Gasteiger partial charge in [-0.1, -0.05) is 45.8 Å². The Morgan fingerprint density at radius 1 is 1.04 bits per heavy atom. The quantitative estimate of drug-likeness (QED) is 0.589. The van der Waals surface area contributed by atoms with Crippen LogP contribution >= 0.6 is 15.9 Å². The van der Waals surface area contributed by atoms with E-state index in [0.29, 0.717) is 13.2 Å². The van der Waals surface area contributed by atoms with Gasteiger partial charge in [-0.15, -0.1) is 0 Å². The molecule has 0 aliphatic carbocycles. The van der Waals surface area contributed by atoms with E-state index in [9.17, 15) is 0 Å². The molecule has 0 heterocycles. The van der Waals surface area contributed by atoms with Crippen molar-refractivity contribution in [2.45, 2.75) is 26.5 Å². The van der Waals surface area contributed by atoms with Gasteiger partial charge in [-0.05, 0) is 37.6 Å².